The van der Waals surface area contributed by atoms with Crippen molar-refractivity contribution in [1.82, 2.24) is 0 Å². The van der Waals surface area contributed by atoms with Crippen molar-refractivity contribution in [1.29, 1.82) is 0 Å². The third kappa shape index (κ3) is 3.32. The molecule has 0 aliphatic heterocycles. The molecule has 0 amide bonds. The zero-order valence-corrected chi connectivity index (χ0v) is 22.4. The molecule has 1 fully saturated rings. The fourth-order valence-corrected chi connectivity index (χ4v) is 7.72. The third-order valence-corrected chi connectivity index (χ3v) is 9.03. The number of rotatable bonds is 6. The summed E-state index contributed by atoms with van der Waals surface area (Å²) in [5, 5.41) is 11.2. The molecule has 5 aromatic carbocycles. The van der Waals surface area contributed by atoms with Gasteiger partial charge in [-0.2, -0.15) is 0 Å². The second kappa shape index (κ2) is 9.57. The van der Waals surface area contributed by atoms with Crippen molar-refractivity contribution in [3.8, 4) is 0 Å². The summed E-state index contributed by atoms with van der Waals surface area (Å²) in [6.45, 7) is 0. The topological polar surface area (TPSA) is 54.4 Å². The Labute approximate surface area is 239 Å². The van der Waals surface area contributed by atoms with E-state index < -0.39 is 28.6 Å². The van der Waals surface area contributed by atoms with Crippen molar-refractivity contribution < 1.29 is 14.7 Å². The molecule has 3 heteroatoms. The maximum atomic E-state index is 15.8. The molecule has 0 aromatic heterocycles. The van der Waals surface area contributed by atoms with E-state index in [9.17, 15) is 9.90 Å². The number of Topliss-reactive ketones (excluding diaryl/α,β-unsaturated/α-hetero) is 1. The van der Waals surface area contributed by atoms with E-state index in [0.717, 1.165) is 33.4 Å². The van der Waals surface area contributed by atoms with E-state index in [-0.39, 0.29) is 5.78 Å². The second-order valence-electron chi connectivity index (χ2n) is 10.9. The van der Waals surface area contributed by atoms with E-state index in [1.807, 2.05) is 152 Å². The number of aliphatic carboxylic acids is 1. The molecule has 1 N–H and O–H groups in total. The predicted octanol–water partition coefficient (Wildman–Crippen LogP) is 7.55. The highest BCUT2D eigenvalue weighted by molar-refractivity contribution is 6.31. The molecule has 5 aromatic rings. The van der Waals surface area contributed by atoms with Gasteiger partial charge in [0.2, 0.25) is 0 Å². The number of allylic oxidation sites excluding steroid dienone is 2. The molecule has 41 heavy (non-hydrogen) atoms. The average Bonchev–Trinajstić information content (AvgIpc) is 3.42. The average molecular weight is 533 g/mol. The fourth-order valence-electron chi connectivity index (χ4n) is 7.72. The summed E-state index contributed by atoms with van der Waals surface area (Å²) in [7, 11) is 0. The first-order valence-electron chi connectivity index (χ1n) is 13.9. The summed E-state index contributed by atoms with van der Waals surface area (Å²) in [4.78, 5) is 29.5. The van der Waals surface area contributed by atoms with Gasteiger partial charge in [0.15, 0.2) is 5.78 Å². The number of hydrogen-bond acceptors (Lipinski definition) is 2. The number of carbonyl (C=O) groups excluding carboxylic acids is 1. The highest BCUT2D eigenvalue weighted by Gasteiger charge is 2.78. The molecule has 0 heterocycles. The van der Waals surface area contributed by atoms with Crippen molar-refractivity contribution in [2.45, 2.75) is 16.7 Å². The summed E-state index contributed by atoms with van der Waals surface area (Å²) < 4.78 is 0. The summed E-state index contributed by atoms with van der Waals surface area (Å²) >= 11 is 0. The van der Waals surface area contributed by atoms with E-state index in [0.29, 0.717) is 5.56 Å². The van der Waals surface area contributed by atoms with Crippen LogP contribution in [-0.2, 0) is 20.4 Å². The minimum absolute atomic E-state index is 0.0821. The lowest BCUT2D eigenvalue weighted by Gasteiger charge is -2.43. The highest BCUT2D eigenvalue weighted by Crippen LogP contribution is 2.74. The van der Waals surface area contributed by atoms with Gasteiger partial charge in [-0.3, -0.25) is 9.59 Å². The Kier molecular flexibility index (Phi) is 5.83. The molecule has 198 valence electrons. The smallest absolute Gasteiger partial charge is 0.308 e. The van der Waals surface area contributed by atoms with Gasteiger partial charge in [-0.05, 0) is 39.0 Å². The zero-order chi connectivity index (χ0) is 28.0. The van der Waals surface area contributed by atoms with Crippen LogP contribution in [0.5, 0.6) is 0 Å². The normalized spacial score (nSPS) is 24.9. The minimum Gasteiger partial charge on any atom is -0.481 e. The van der Waals surface area contributed by atoms with Crippen LogP contribution in [0, 0.1) is 5.92 Å². The molecule has 7 rings (SSSR count). The van der Waals surface area contributed by atoms with Crippen molar-refractivity contribution in [3.63, 3.8) is 0 Å². The van der Waals surface area contributed by atoms with Gasteiger partial charge < -0.3 is 5.11 Å². The maximum Gasteiger partial charge on any atom is 0.308 e. The Balaban J connectivity index is 1.76. The molecule has 4 atom stereocenters. The SMILES string of the molecule is O=C(O)C1C(c2ccccc2)C2(c3ccccc3)C(=O)C1(c1ccccc1)C(c1ccccc1)=C2c1ccccc1. The van der Waals surface area contributed by atoms with Crippen LogP contribution >= 0.6 is 0 Å². The van der Waals surface area contributed by atoms with E-state index in [1.54, 1.807) is 0 Å². The summed E-state index contributed by atoms with van der Waals surface area (Å²) in [5.41, 5.74) is 3.15. The maximum absolute atomic E-state index is 15.8. The zero-order valence-electron chi connectivity index (χ0n) is 22.4. The molecular weight excluding hydrogens is 504 g/mol. The Morgan fingerprint density at radius 1 is 0.512 bits per heavy atom. The van der Waals surface area contributed by atoms with Gasteiger partial charge >= 0.3 is 5.97 Å². The van der Waals surface area contributed by atoms with Crippen LogP contribution in [0.15, 0.2) is 152 Å². The van der Waals surface area contributed by atoms with Gasteiger partial charge in [0.25, 0.3) is 0 Å². The first-order valence-corrected chi connectivity index (χ1v) is 13.9. The molecule has 2 aliphatic carbocycles. The third-order valence-electron chi connectivity index (χ3n) is 9.03. The number of carboxylic acids is 1. The lowest BCUT2D eigenvalue weighted by atomic mass is 9.56. The molecular formula is C38H28O3. The first-order chi connectivity index (χ1) is 20.1. The van der Waals surface area contributed by atoms with Crippen LogP contribution < -0.4 is 0 Å². The van der Waals surface area contributed by atoms with E-state index >= 15 is 4.79 Å². The Morgan fingerprint density at radius 2 is 0.878 bits per heavy atom. The van der Waals surface area contributed by atoms with Gasteiger partial charge in [-0.1, -0.05) is 152 Å². The predicted molar refractivity (Wildman–Crippen MR) is 161 cm³/mol. The van der Waals surface area contributed by atoms with Crippen molar-refractivity contribution in [2.75, 3.05) is 0 Å². The molecule has 0 spiro atoms. The van der Waals surface area contributed by atoms with Gasteiger partial charge in [0.05, 0.1) is 16.7 Å². The monoisotopic (exact) mass is 532 g/mol. The molecule has 0 radical (unpaired) electrons. The summed E-state index contributed by atoms with van der Waals surface area (Å²) in [6, 6.07) is 49.0. The molecule has 0 saturated heterocycles. The Morgan fingerprint density at radius 3 is 1.32 bits per heavy atom. The Bertz CT molecular complexity index is 1760. The number of ketones is 1. The lowest BCUT2D eigenvalue weighted by molar-refractivity contribution is -0.144. The van der Waals surface area contributed by atoms with Crippen LogP contribution in [0.25, 0.3) is 11.1 Å². The van der Waals surface area contributed by atoms with Crippen molar-refractivity contribution >= 4 is 22.9 Å². The summed E-state index contributed by atoms with van der Waals surface area (Å²) in [6.07, 6.45) is 0. The quantitative estimate of drug-likeness (QED) is 0.246. The van der Waals surface area contributed by atoms with Crippen LogP contribution in [-0.4, -0.2) is 16.9 Å². The van der Waals surface area contributed by atoms with Crippen LogP contribution in [0.3, 0.4) is 0 Å². The van der Waals surface area contributed by atoms with Crippen molar-refractivity contribution in [3.05, 3.63) is 179 Å². The highest BCUT2D eigenvalue weighted by atomic mass is 16.4. The van der Waals surface area contributed by atoms with E-state index in [1.165, 1.54) is 0 Å². The number of carboxylic acid groups (broad SMARTS) is 1. The largest absolute Gasteiger partial charge is 0.481 e. The molecule has 4 unspecified atom stereocenters. The second-order valence-corrected chi connectivity index (χ2v) is 10.9. The molecule has 1 saturated carbocycles. The molecule has 3 nitrogen and oxygen atoms in total. The summed E-state index contributed by atoms with van der Waals surface area (Å²) in [5.74, 6) is -2.74. The van der Waals surface area contributed by atoms with Crippen LogP contribution in [0.4, 0.5) is 0 Å². The molecule has 2 aliphatic rings. The Hall–Kier alpha value is -5.02. The fraction of sp³-hybridized carbons (Fsp3) is 0.105. The number of hydrogen-bond donors (Lipinski definition) is 1. The van der Waals surface area contributed by atoms with Gasteiger partial charge in [0, 0.05) is 5.92 Å². The van der Waals surface area contributed by atoms with Crippen LogP contribution in [0.2, 0.25) is 0 Å². The van der Waals surface area contributed by atoms with E-state index in [2.05, 4.69) is 0 Å². The van der Waals surface area contributed by atoms with Crippen LogP contribution in [0.1, 0.15) is 33.7 Å². The van der Waals surface area contributed by atoms with Gasteiger partial charge in [0.1, 0.15) is 0 Å². The van der Waals surface area contributed by atoms with E-state index in [4.69, 9.17) is 0 Å². The van der Waals surface area contributed by atoms with Gasteiger partial charge in [-0.15, -0.1) is 0 Å². The lowest BCUT2D eigenvalue weighted by Crippen LogP contribution is -2.43. The molecule has 2 bridgehead atoms. The number of benzene rings is 5. The first kappa shape index (κ1) is 25.0. The number of carbonyl (C=O) groups is 2. The number of fused-ring (bicyclic) bond motifs is 2. The van der Waals surface area contributed by atoms with Gasteiger partial charge in [-0.25, -0.2) is 0 Å². The minimum atomic E-state index is -1.42. The van der Waals surface area contributed by atoms with Crippen molar-refractivity contribution in [2.24, 2.45) is 5.92 Å². The standard InChI is InChI=1S/C38H28O3/c39-35(40)34-33(28-20-10-3-11-21-28)37(29-22-12-4-13-23-29)31(26-16-6-1-7-17-26)32(27-18-8-2-9-19-27)38(34,36(37)41)30-24-14-5-15-25-30/h1-25,33-34H,(H,39,40).